The molecule has 3 rings (SSSR count). The lowest BCUT2D eigenvalue weighted by Crippen LogP contribution is -2.17. The van der Waals surface area contributed by atoms with Gasteiger partial charge in [0, 0.05) is 0 Å². The summed E-state index contributed by atoms with van der Waals surface area (Å²) in [6.45, 7) is 2.71. The Morgan fingerprint density at radius 2 is 1.48 bits per heavy atom. The van der Waals surface area contributed by atoms with Gasteiger partial charge in [0.2, 0.25) is 0 Å². The summed E-state index contributed by atoms with van der Waals surface area (Å²) in [5, 5.41) is 0. The second kappa shape index (κ2) is 10.9. The highest BCUT2D eigenvalue weighted by Gasteiger charge is 2.31. The van der Waals surface area contributed by atoms with Crippen LogP contribution in [-0.4, -0.2) is 13.0 Å². The van der Waals surface area contributed by atoms with Crippen molar-refractivity contribution in [3.05, 3.63) is 89.5 Å². The number of hydrogen-bond donors (Lipinski definition) is 1. The van der Waals surface area contributed by atoms with Crippen LogP contribution in [0.1, 0.15) is 29.7 Å². The first-order valence-electron chi connectivity index (χ1n) is 9.40. The molecule has 0 bridgehead atoms. The van der Waals surface area contributed by atoms with E-state index in [4.69, 9.17) is 15.2 Å². The largest absolute Gasteiger partial charge is 0.573 e. The van der Waals surface area contributed by atoms with E-state index in [1.165, 1.54) is 24.3 Å². The fraction of sp³-hybridized carbons (Fsp3) is 0.217. The highest BCUT2D eigenvalue weighted by Crippen LogP contribution is 2.33. The van der Waals surface area contributed by atoms with Gasteiger partial charge in [-0.2, -0.15) is 0 Å². The lowest BCUT2D eigenvalue weighted by atomic mass is 9.99. The monoisotopic (exact) mass is 453 g/mol. The highest BCUT2D eigenvalue weighted by atomic mass is 35.5. The van der Waals surface area contributed by atoms with Gasteiger partial charge in [-0.1, -0.05) is 48.5 Å². The molecule has 0 radical (unpaired) electrons. The molecule has 0 aromatic heterocycles. The number of rotatable bonds is 8. The first-order valence-corrected chi connectivity index (χ1v) is 9.40. The van der Waals surface area contributed by atoms with Crippen LogP contribution in [0.5, 0.6) is 17.2 Å². The van der Waals surface area contributed by atoms with Gasteiger partial charge in [0.15, 0.2) is 11.5 Å². The Morgan fingerprint density at radius 3 is 2.10 bits per heavy atom. The number of ether oxygens (including phenoxy) is 3. The maximum atomic E-state index is 12.3. The summed E-state index contributed by atoms with van der Waals surface area (Å²) in [4.78, 5) is 0. The van der Waals surface area contributed by atoms with Crippen LogP contribution in [0.15, 0.2) is 72.8 Å². The molecule has 0 aliphatic rings. The molecule has 1 atom stereocenters. The maximum Gasteiger partial charge on any atom is 0.573 e. The van der Waals surface area contributed by atoms with Gasteiger partial charge >= 0.3 is 6.36 Å². The van der Waals surface area contributed by atoms with Crippen molar-refractivity contribution in [2.75, 3.05) is 6.61 Å². The Labute approximate surface area is 185 Å². The van der Waals surface area contributed by atoms with Gasteiger partial charge in [-0.05, 0) is 47.9 Å². The van der Waals surface area contributed by atoms with E-state index in [1.54, 1.807) is 12.1 Å². The Balaban J connectivity index is 0.00000341. The summed E-state index contributed by atoms with van der Waals surface area (Å²) < 4.78 is 52.4. The van der Waals surface area contributed by atoms with Crippen molar-refractivity contribution in [1.82, 2.24) is 0 Å². The van der Waals surface area contributed by atoms with Gasteiger partial charge in [0.05, 0.1) is 12.6 Å². The van der Waals surface area contributed by atoms with E-state index >= 15 is 0 Å². The van der Waals surface area contributed by atoms with Gasteiger partial charge in [0.25, 0.3) is 0 Å². The van der Waals surface area contributed by atoms with Crippen molar-refractivity contribution in [2.24, 2.45) is 5.73 Å². The van der Waals surface area contributed by atoms with E-state index in [-0.39, 0.29) is 18.2 Å². The Kier molecular flexibility index (Phi) is 8.59. The molecule has 0 fully saturated rings. The molecule has 0 saturated carbocycles. The standard InChI is InChI=1S/C23H22F3NO3.ClH/c1-2-28-21-14-18(10-13-20(21)29-15-16-6-4-3-5-7-16)22(27)17-8-11-19(12-9-17)30-23(24,25)26;/h3-14,22H,2,15,27H2,1H3;1H/t22-;/m1./s1. The van der Waals surface area contributed by atoms with Gasteiger partial charge < -0.3 is 19.9 Å². The minimum absolute atomic E-state index is 0. The maximum absolute atomic E-state index is 12.3. The van der Waals surface area contributed by atoms with Crippen LogP contribution in [-0.2, 0) is 6.61 Å². The minimum Gasteiger partial charge on any atom is -0.490 e. The molecule has 0 aliphatic heterocycles. The highest BCUT2D eigenvalue weighted by molar-refractivity contribution is 5.85. The van der Waals surface area contributed by atoms with Crippen LogP contribution >= 0.6 is 12.4 Å². The first-order chi connectivity index (χ1) is 14.4. The lowest BCUT2D eigenvalue weighted by Gasteiger charge is -2.17. The van der Waals surface area contributed by atoms with Crippen molar-refractivity contribution in [1.29, 1.82) is 0 Å². The van der Waals surface area contributed by atoms with Gasteiger partial charge in [-0.3, -0.25) is 0 Å². The molecule has 8 heteroatoms. The predicted molar refractivity (Wildman–Crippen MR) is 115 cm³/mol. The second-order valence-corrected chi connectivity index (χ2v) is 6.51. The number of hydrogen-bond acceptors (Lipinski definition) is 4. The van der Waals surface area contributed by atoms with Crippen molar-refractivity contribution < 1.29 is 27.4 Å². The molecule has 0 unspecified atom stereocenters. The molecule has 0 spiro atoms. The molecule has 3 aromatic rings. The Hall–Kier alpha value is -2.90. The third-order valence-electron chi connectivity index (χ3n) is 4.34. The zero-order valence-corrected chi connectivity index (χ0v) is 17.6. The summed E-state index contributed by atoms with van der Waals surface area (Å²) in [5.41, 5.74) is 8.73. The summed E-state index contributed by atoms with van der Waals surface area (Å²) in [5.74, 6) is 0.849. The summed E-state index contributed by atoms with van der Waals surface area (Å²) >= 11 is 0. The molecule has 4 nitrogen and oxygen atoms in total. The SMILES string of the molecule is CCOc1cc([C@H](N)c2ccc(OC(F)(F)F)cc2)ccc1OCc1ccccc1.Cl. The number of alkyl halides is 3. The van der Waals surface area contributed by atoms with Crippen LogP contribution in [0, 0.1) is 0 Å². The van der Waals surface area contributed by atoms with Gasteiger partial charge in [-0.15, -0.1) is 25.6 Å². The number of halogens is 4. The first kappa shape index (κ1) is 24.4. The normalized spacial score (nSPS) is 11.9. The van der Waals surface area contributed by atoms with E-state index in [2.05, 4.69) is 4.74 Å². The van der Waals surface area contributed by atoms with Crippen LogP contribution < -0.4 is 19.9 Å². The van der Waals surface area contributed by atoms with Crippen molar-refractivity contribution in [3.63, 3.8) is 0 Å². The van der Waals surface area contributed by atoms with Crippen LogP contribution in [0.3, 0.4) is 0 Å². The summed E-state index contributed by atoms with van der Waals surface area (Å²) in [7, 11) is 0. The Morgan fingerprint density at radius 1 is 0.839 bits per heavy atom. The van der Waals surface area contributed by atoms with Gasteiger partial charge in [0.1, 0.15) is 12.4 Å². The molecule has 31 heavy (non-hydrogen) atoms. The molecule has 0 heterocycles. The molecule has 2 N–H and O–H groups in total. The number of benzene rings is 3. The van der Waals surface area contributed by atoms with Crippen LogP contribution in [0.25, 0.3) is 0 Å². The van der Waals surface area contributed by atoms with Crippen LogP contribution in [0.4, 0.5) is 13.2 Å². The minimum atomic E-state index is -4.73. The molecule has 0 saturated heterocycles. The van der Waals surface area contributed by atoms with E-state index in [9.17, 15) is 13.2 Å². The third-order valence-corrected chi connectivity index (χ3v) is 4.34. The topological polar surface area (TPSA) is 53.7 Å². The number of nitrogens with two attached hydrogens (primary N) is 1. The zero-order valence-electron chi connectivity index (χ0n) is 16.8. The quantitative estimate of drug-likeness (QED) is 0.452. The molecular formula is C23H23ClF3NO3. The summed E-state index contributed by atoms with van der Waals surface area (Å²) in [6.07, 6.45) is -4.73. The summed E-state index contributed by atoms with van der Waals surface area (Å²) in [6, 6.07) is 20.1. The third kappa shape index (κ3) is 7.08. The molecule has 3 aromatic carbocycles. The average Bonchev–Trinajstić information content (AvgIpc) is 2.73. The van der Waals surface area contributed by atoms with E-state index in [0.717, 1.165) is 11.1 Å². The van der Waals surface area contributed by atoms with Crippen molar-refractivity contribution >= 4 is 12.4 Å². The van der Waals surface area contributed by atoms with Crippen molar-refractivity contribution in [3.8, 4) is 17.2 Å². The molecule has 0 aliphatic carbocycles. The van der Waals surface area contributed by atoms with Crippen LogP contribution in [0.2, 0.25) is 0 Å². The van der Waals surface area contributed by atoms with E-state index in [0.29, 0.717) is 30.3 Å². The molecular weight excluding hydrogens is 431 g/mol. The fourth-order valence-electron chi connectivity index (χ4n) is 2.91. The fourth-order valence-corrected chi connectivity index (χ4v) is 2.91. The zero-order chi connectivity index (χ0) is 21.6. The smallest absolute Gasteiger partial charge is 0.490 e. The average molecular weight is 454 g/mol. The van der Waals surface area contributed by atoms with Gasteiger partial charge in [-0.25, -0.2) is 0 Å². The van der Waals surface area contributed by atoms with E-state index in [1.807, 2.05) is 43.3 Å². The molecule has 166 valence electrons. The van der Waals surface area contributed by atoms with E-state index < -0.39 is 12.4 Å². The Bertz CT molecular complexity index is 951. The predicted octanol–water partition coefficient (Wildman–Crippen LogP) is 6.03. The van der Waals surface area contributed by atoms with Crippen molar-refractivity contribution in [2.45, 2.75) is 25.9 Å². The lowest BCUT2D eigenvalue weighted by molar-refractivity contribution is -0.274. The molecule has 0 amide bonds. The second-order valence-electron chi connectivity index (χ2n) is 6.51.